The monoisotopic (exact) mass is 276 g/mol. The maximum atomic E-state index is 5.36. The lowest BCUT2D eigenvalue weighted by Crippen LogP contribution is -1.96. The number of aromatic nitrogens is 1. The Balaban J connectivity index is 2.33. The van der Waals surface area contributed by atoms with Gasteiger partial charge in [0.2, 0.25) is 0 Å². The number of rotatable bonds is 6. The number of nitrogens with one attached hydrogen (secondary N) is 1. The van der Waals surface area contributed by atoms with Gasteiger partial charge in [-0.1, -0.05) is 6.08 Å². The maximum absolute atomic E-state index is 5.36. The molecular formula is C14H16N2O2S. The molecule has 0 amide bonds. The van der Waals surface area contributed by atoms with Crippen LogP contribution in [-0.2, 0) is 0 Å². The number of hydrogen-bond acceptors (Lipinski definition) is 5. The Morgan fingerprint density at radius 3 is 2.89 bits per heavy atom. The highest BCUT2D eigenvalue weighted by atomic mass is 32.1. The van der Waals surface area contributed by atoms with Crippen LogP contribution in [0.1, 0.15) is 0 Å². The van der Waals surface area contributed by atoms with Crippen LogP contribution in [0.5, 0.6) is 11.5 Å². The van der Waals surface area contributed by atoms with Crippen molar-refractivity contribution in [3.63, 3.8) is 0 Å². The number of methoxy groups -OCH3 is 2. The minimum atomic E-state index is 0.697. The first-order valence-electron chi connectivity index (χ1n) is 5.81. The van der Waals surface area contributed by atoms with Crippen LogP contribution in [0, 0.1) is 0 Å². The summed E-state index contributed by atoms with van der Waals surface area (Å²) < 4.78 is 10.6. The molecule has 2 rings (SSSR count). The zero-order valence-corrected chi connectivity index (χ0v) is 11.8. The van der Waals surface area contributed by atoms with Crippen LogP contribution < -0.4 is 14.8 Å². The van der Waals surface area contributed by atoms with Crippen molar-refractivity contribution in [3.05, 3.63) is 36.2 Å². The van der Waals surface area contributed by atoms with Crippen LogP contribution in [0.4, 0.5) is 5.13 Å². The van der Waals surface area contributed by atoms with E-state index in [9.17, 15) is 0 Å². The third kappa shape index (κ3) is 3.06. The second-order valence-electron chi connectivity index (χ2n) is 3.77. The van der Waals surface area contributed by atoms with E-state index in [0.717, 1.165) is 27.9 Å². The van der Waals surface area contributed by atoms with Crippen molar-refractivity contribution >= 4 is 16.5 Å². The molecule has 0 aliphatic heterocycles. The van der Waals surface area contributed by atoms with Crippen molar-refractivity contribution in [3.8, 4) is 22.8 Å². The lowest BCUT2D eigenvalue weighted by Gasteiger charge is -2.08. The van der Waals surface area contributed by atoms with Crippen molar-refractivity contribution in [2.75, 3.05) is 26.1 Å². The largest absolute Gasteiger partial charge is 0.497 e. The van der Waals surface area contributed by atoms with Gasteiger partial charge < -0.3 is 14.8 Å². The molecule has 1 aromatic carbocycles. The standard InChI is InChI=1S/C14H16N2O2S/c1-4-7-15-14-16-12(9-19-14)11-8-10(17-2)5-6-13(11)18-3/h4-6,8-9H,1,7H2,2-3H3,(H,15,16). The molecule has 1 heterocycles. The molecule has 0 bridgehead atoms. The topological polar surface area (TPSA) is 43.4 Å². The van der Waals surface area contributed by atoms with Gasteiger partial charge in [0.25, 0.3) is 0 Å². The second kappa shape index (κ2) is 6.24. The Hall–Kier alpha value is -2.01. The molecule has 0 saturated heterocycles. The summed E-state index contributed by atoms with van der Waals surface area (Å²) >= 11 is 1.55. The van der Waals surface area contributed by atoms with E-state index in [2.05, 4.69) is 16.9 Å². The van der Waals surface area contributed by atoms with Crippen molar-refractivity contribution in [2.24, 2.45) is 0 Å². The summed E-state index contributed by atoms with van der Waals surface area (Å²) in [6.07, 6.45) is 1.80. The number of benzene rings is 1. The average molecular weight is 276 g/mol. The van der Waals surface area contributed by atoms with Gasteiger partial charge >= 0.3 is 0 Å². The van der Waals surface area contributed by atoms with Crippen LogP contribution in [0.15, 0.2) is 36.2 Å². The van der Waals surface area contributed by atoms with Gasteiger partial charge in [0.05, 0.1) is 19.9 Å². The third-order valence-electron chi connectivity index (χ3n) is 2.58. The van der Waals surface area contributed by atoms with Gasteiger partial charge in [-0.3, -0.25) is 0 Å². The van der Waals surface area contributed by atoms with E-state index in [1.807, 2.05) is 23.6 Å². The van der Waals surface area contributed by atoms with Gasteiger partial charge in [-0.2, -0.15) is 0 Å². The van der Waals surface area contributed by atoms with Crippen molar-refractivity contribution in [2.45, 2.75) is 0 Å². The summed E-state index contributed by atoms with van der Waals surface area (Å²) in [6.45, 7) is 4.37. The summed E-state index contributed by atoms with van der Waals surface area (Å²) in [5, 5.41) is 6.02. The zero-order chi connectivity index (χ0) is 13.7. The smallest absolute Gasteiger partial charge is 0.183 e. The summed E-state index contributed by atoms with van der Waals surface area (Å²) in [6, 6.07) is 5.67. The number of anilines is 1. The highest BCUT2D eigenvalue weighted by molar-refractivity contribution is 7.14. The molecule has 1 N–H and O–H groups in total. The first-order chi connectivity index (χ1) is 9.28. The number of thiazole rings is 1. The summed E-state index contributed by atoms with van der Waals surface area (Å²) in [5.74, 6) is 1.56. The molecule has 0 aliphatic rings. The SMILES string of the molecule is C=CCNc1nc(-c2cc(OC)ccc2OC)cs1. The third-order valence-corrected chi connectivity index (χ3v) is 3.38. The van der Waals surface area contributed by atoms with E-state index in [4.69, 9.17) is 9.47 Å². The first kappa shape index (κ1) is 13.4. The quantitative estimate of drug-likeness (QED) is 0.821. The number of hydrogen-bond donors (Lipinski definition) is 1. The van der Waals surface area contributed by atoms with Gasteiger partial charge in [-0.25, -0.2) is 4.98 Å². The lowest BCUT2D eigenvalue weighted by molar-refractivity contribution is 0.404. The van der Waals surface area contributed by atoms with Crippen LogP contribution in [0.25, 0.3) is 11.3 Å². The summed E-state index contributed by atoms with van der Waals surface area (Å²) in [4.78, 5) is 4.53. The van der Waals surface area contributed by atoms with E-state index < -0.39 is 0 Å². The minimum Gasteiger partial charge on any atom is -0.497 e. The molecular weight excluding hydrogens is 260 g/mol. The van der Waals surface area contributed by atoms with Gasteiger partial charge in [0.1, 0.15) is 11.5 Å². The van der Waals surface area contributed by atoms with E-state index in [0.29, 0.717) is 6.54 Å². The van der Waals surface area contributed by atoms with E-state index in [1.54, 1.807) is 31.6 Å². The van der Waals surface area contributed by atoms with Crippen molar-refractivity contribution in [1.82, 2.24) is 4.98 Å². The van der Waals surface area contributed by atoms with E-state index in [1.165, 1.54) is 0 Å². The molecule has 4 nitrogen and oxygen atoms in total. The Kier molecular flexibility index (Phi) is 4.41. The summed E-state index contributed by atoms with van der Waals surface area (Å²) in [7, 11) is 3.29. The molecule has 0 fully saturated rings. The van der Waals surface area contributed by atoms with Crippen molar-refractivity contribution in [1.29, 1.82) is 0 Å². The predicted molar refractivity (Wildman–Crippen MR) is 79.3 cm³/mol. The molecule has 1 aromatic heterocycles. The fraction of sp³-hybridized carbons (Fsp3) is 0.214. The Morgan fingerprint density at radius 2 is 2.21 bits per heavy atom. The Morgan fingerprint density at radius 1 is 1.37 bits per heavy atom. The molecule has 5 heteroatoms. The average Bonchev–Trinajstić information content (AvgIpc) is 2.93. The van der Waals surface area contributed by atoms with Gasteiger partial charge in [0.15, 0.2) is 5.13 Å². The van der Waals surface area contributed by atoms with Gasteiger partial charge in [-0.05, 0) is 18.2 Å². The second-order valence-corrected chi connectivity index (χ2v) is 4.63. The molecule has 2 aromatic rings. The van der Waals surface area contributed by atoms with Crippen LogP contribution in [0.2, 0.25) is 0 Å². The molecule has 0 radical (unpaired) electrons. The van der Waals surface area contributed by atoms with E-state index in [-0.39, 0.29) is 0 Å². The first-order valence-corrected chi connectivity index (χ1v) is 6.69. The number of ether oxygens (including phenoxy) is 2. The molecule has 19 heavy (non-hydrogen) atoms. The number of nitrogens with zero attached hydrogens (tertiary/aromatic N) is 1. The molecule has 0 unspecified atom stereocenters. The summed E-state index contributed by atoms with van der Waals surface area (Å²) in [5.41, 5.74) is 1.79. The van der Waals surface area contributed by atoms with Gasteiger partial charge in [-0.15, -0.1) is 17.9 Å². The fourth-order valence-electron chi connectivity index (χ4n) is 1.65. The van der Waals surface area contributed by atoms with Gasteiger partial charge in [0, 0.05) is 17.5 Å². The Bertz CT molecular complexity index is 566. The highest BCUT2D eigenvalue weighted by Gasteiger charge is 2.11. The fourth-order valence-corrected chi connectivity index (χ4v) is 2.37. The highest BCUT2D eigenvalue weighted by Crippen LogP contribution is 2.34. The predicted octanol–water partition coefficient (Wildman–Crippen LogP) is 3.43. The van der Waals surface area contributed by atoms with Crippen molar-refractivity contribution < 1.29 is 9.47 Å². The molecule has 0 spiro atoms. The maximum Gasteiger partial charge on any atom is 0.183 e. The molecule has 100 valence electrons. The van der Waals surface area contributed by atoms with Crippen LogP contribution in [0.3, 0.4) is 0 Å². The molecule has 0 saturated carbocycles. The van der Waals surface area contributed by atoms with E-state index >= 15 is 0 Å². The lowest BCUT2D eigenvalue weighted by atomic mass is 10.1. The van der Waals surface area contributed by atoms with Crippen LogP contribution >= 0.6 is 11.3 Å². The molecule has 0 aliphatic carbocycles. The normalized spacial score (nSPS) is 10.0. The Labute approximate surface area is 116 Å². The zero-order valence-electron chi connectivity index (χ0n) is 11.0. The van der Waals surface area contributed by atoms with Crippen LogP contribution in [-0.4, -0.2) is 25.7 Å². The molecule has 0 atom stereocenters. The minimum absolute atomic E-state index is 0.697.